The molecule has 1 unspecified atom stereocenters. The number of pyridine rings is 1. The van der Waals surface area contributed by atoms with E-state index < -0.39 is 16.1 Å². The van der Waals surface area contributed by atoms with Crippen molar-refractivity contribution in [3.63, 3.8) is 0 Å². The fraction of sp³-hybridized carbons (Fsp3) is 0.300. The van der Waals surface area contributed by atoms with Crippen molar-refractivity contribution < 1.29 is 23.1 Å². The van der Waals surface area contributed by atoms with Gasteiger partial charge in [0, 0.05) is 24.7 Å². The van der Waals surface area contributed by atoms with E-state index in [4.69, 9.17) is 26.5 Å². The molecule has 3 aromatic rings. The van der Waals surface area contributed by atoms with Crippen LogP contribution in [0, 0.1) is 6.92 Å². The van der Waals surface area contributed by atoms with E-state index in [1.165, 1.54) is 17.0 Å². The molecule has 1 aliphatic rings. The Bertz CT molecular complexity index is 1270. The van der Waals surface area contributed by atoms with Gasteiger partial charge in [-0.25, -0.2) is 23.3 Å². The lowest BCUT2D eigenvalue weighted by molar-refractivity contribution is -0.0214. The number of nitrogens with two attached hydrogens (primary N) is 1. The molecule has 3 heterocycles. The van der Waals surface area contributed by atoms with Gasteiger partial charge in [-0.2, -0.15) is 0 Å². The van der Waals surface area contributed by atoms with Gasteiger partial charge >= 0.3 is 6.09 Å². The van der Waals surface area contributed by atoms with Crippen molar-refractivity contribution in [2.75, 3.05) is 19.7 Å². The highest BCUT2D eigenvalue weighted by atomic mass is 35.5. The minimum absolute atomic E-state index is 0.0878. The second-order valence-electron chi connectivity index (χ2n) is 7.45. The number of nitrogens with zero attached hydrogens (tertiary/aromatic N) is 3. The van der Waals surface area contributed by atoms with Crippen LogP contribution in [0.5, 0.6) is 0 Å². The smallest absolute Gasteiger partial charge is 0.407 e. The second-order valence-corrected chi connectivity index (χ2v) is 9.42. The summed E-state index contributed by atoms with van der Waals surface area (Å²) in [6.45, 7) is 2.83. The third-order valence-corrected chi connectivity index (χ3v) is 6.46. The Morgan fingerprint density at radius 1 is 1.35 bits per heavy atom. The van der Waals surface area contributed by atoms with Crippen LogP contribution in [0.2, 0.25) is 5.02 Å². The molecule has 1 aromatic carbocycles. The number of aromatic nitrogens is 2. The first kappa shape index (κ1) is 21.6. The molecule has 31 heavy (non-hydrogen) atoms. The number of halogens is 1. The maximum absolute atomic E-state index is 11.7. The molecule has 2 aromatic heterocycles. The molecule has 0 bridgehead atoms. The number of primary sulfonamides is 1. The molecule has 1 fully saturated rings. The lowest BCUT2D eigenvalue weighted by atomic mass is 10.1. The number of carboxylic acid groups (broad SMARTS) is 1. The van der Waals surface area contributed by atoms with Crippen molar-refractivity contribution in [3.8, 4) is 11.3 Å². The van der Waals surface area contributed by atoms with E-state index in [9.17, 15) is 18.3 Å². The van der Waals surface area contributed by atoms with Crippen LogP contribution < -0.4 is 5.14 Å². The van der Waals surface area contributed by atoms with Crippen molar-refractivity contribution >= 4 is 33.4 Å². The monoisotopic (exact) mass is 464 g/mol. The summed E-state index contributed by atoms with van der Waals surface area (Å²) in [5, 5.41) is 14.7. The maximum Gasteiger partial charge on any atom is 0.407 e. The van der Waals surface area contributed by atoms with Crippen molar-refractivity contribution in [1.82, 2.24) is 14.3 Å². The van der Waals surface area contributed by atoms with Gasteiger partial charge in [-0.05, 0) is 42.8 Å². The van der Waals surface area contributed by atoms with Gasteiger partial charge in [-0.3, -0.25) is 0 Å². The first-order valence-corrected chi connectivity index (χ1v) is 11.5. The zero-order valence-electron chi connectivity index (χ0n) is 16.7. The van der Waals surface area contributed by atoms with Crippen LogP contribution in [-0.2, 0) is 21.2 Å². The summed E-state index contributed by atoms with van der Waals surface area (Å²) < 4.78 is 31.0. The highest BCUT2D eigenvalue weighted by Crippen LogP contribution is 2.33. The van der Waals surface area contributed by atoms with E-state index in [0.29, 0.717) is 36.5 Å². The molecule has 0 aliphatic carbocycles. The number of aryl methyl sites for hydroxylation is 1. The quantitative estimate of drug-likeness (QED) is 0.610. The average molecular weight is 465 g/mol. The van der Waals surface area contributed by atoms with Gasteiger partial charge in [0.25, 0.3) is 0 Å². The number of benzene rings is 1. The fourth-order valence-electron chi connectivity index (χ4n) is 3.71. The summed E-state index contributed by atoms with van der Waals surface area (Å²) in [4.78, 5) is 17.3. The molecule has 1 aliphatic heterocycles. The summed E-state index contributed by atoms with van der Waals surface area (Å²) in [5.41, 5.74) is 3.64. The van der Waals surface area contributed by atoms with E-state index in [0.717, 1.165) is 11.3 Å². The fourth-order valence-corrected chi connectivity index (χ4v) is 4.58. The molecular weight excluding hydrogens is 444 g/mol. The Kier molecular flexibility index (Phi) is 5.65. The molecular formula is C20H21ClN4O5S. The van der Waals surface area contributed by atoms with Crippen molar-refractivity contribution in [2.24, 2.45) is 5.14 Å². The van der Waals surface area contributed by atoms with Crippen molar-refractivity contribution in [3.05, 3.63) is 52.8 Å². The normalized spacial score (nSPS) is 17.3. The number of morpholine rings is 1. The molecule has 9 nitrogen and oxygen atoms in total. The highest BCUT2D eigenvalue weighted by Gasteiger charge is 2.27. The highest BCUT2D eigenvalue weighted by molar-refractivity contribution is 7.89. The molecule has 1 amide bonds. The molecule has 1 saturated heterocycles. The van der Waals surface area contributed by atoms with Crippen LogP contribution in [0.15, 0.2) is 41.4 Å². The number of hydrogen-bond donors (Lipinski definition) is 2. The molecule has 3 N–H and O–H groups in total. The van der Waals surface area contributed by atoms with Crippen LogP contribution >= 0.6 is 11.6 Å². The van der Waals surface area contributed by atoms with Gasteiger partial charge in [-0.15, -0.1) is 0 Å². The number of rotatable bonds is 4. The van der Waals surface area contributed by atoms with Gasteiger partial charge in [0.05, 0.1) is 40.6 Å². The molecule has 0 spiro atoms. The van der Waals surface area contributed by atoms with Crippen LogP contribution in [0.1, 0.15) is 11.3 Å². The zero-order chi connectivity index (χ0) is 22.3. The van der Waals surface area contributed by atoms with Crippen molar-refractivity contribution in [1.29, 1.82) is 0 Å². The SMILES string of the molecule is Cc1ccn2c(CC3CN(C(=O)O)CCO3)c(-c3ccc(S(N)(=O)=O)cc3Cl)nc2c1. The predicted molar refractivity (Wildman–Crippen MR) is 115 cm³/mol. The largest absolute Gasteiger partial charge is 0.465 e. The molecule has 0 radical (unpaired) electrons. The van der Waals surface area contributed by atoms with Gasteiger partial charge in [0.2, 0.25) is 10.0 Å². The Morgan fingerprint density at radius 3 is 2.81 bits per heavy atom. The zero-order valence-corrected chi connectivity index (χ0v) is 18.2. The number of imidazole rings is 1. The summed E-state index contributed by atoms with van der Waals surface area (Å²) in [6, 6.07) is 8.13. The predicted octanol–water partition coefficient (Wildman–Crippen LogP) is 2.53. The van der Waals surface area contributed by atoms with Crippen LogP contribution in [0.3, 0.4) is 0 Å². The van der Waals surface area contributed by atoms with E-state index >= 15 is 0 Å². The first-order chi connectivity index (χ1) is 14.6. The number of fused-ring (bicyclic) bond motifs is 1. The first-order valence-electron chi connectivity index (χ1n) is 9.53. The number of hydrogen-bond acceptors (Lipinski definition) is 5. The minimum atomic E-state index is -3.89. The third kappa shape index (κ3) is 4.38. The van der Waals surface area contributed by atoms with E-state index in [2.05, 4.69) is 0 Å². The topological polar surface area (TPSA) is 127 Å². The number of ether oxygens (including phenoxy) is 1. The van der Waals surface area contributed by atoms with Gasteiger partial charge in [-0.1, -0.05) is 11.6 Å². The molecule has 0 saturated carbocycles. The van der Waals surface area contributed by atoms with Crippen molar-refractivity contribution in [2.45, 2.75) is 24.3 Å². The molecule has 4 rings (SSSR count). The van der Waals surface area contributed by atoms with E-state index in [1.54, 1.807) is 6.07 Å². The Hall–Kier alpha value is -2.66. The lowest BCUT2D eigenvalue weighted by Crippen LogP contribution is -2.45. The maximum atomic E-state index is 11.7. The van der Waals surface area contributed by atoms with E-state index in [1.807, 2.05) is 29.7 Å². The second kappa shape index (κ2) is 8.12. The van der Waals surface area contributed by atoms with Crippen LogP contribution in [0.25, 0.3) is 16.9 Å². The average Bonchev–Trinajstić information content (AvgIpc) is 3.04. The summed E-state index contributed by atoms with van der Waals surface area (Å²) in [7, 11) is -3.89. The van der Waals surface area contributed by atoms with Gasteiger partial charge in [0.1, 0.15) is 5.65 Å². The van der Waals surface area contributed by atoms with E-state index in [-0.39, 0.29) is 22.6 Å². The Balaban J connectivity index is 1.80. The number of carbonyl (C=O) groups is 1. The summed E-state index contributed by atoms with van der Waals surface area (Å²) in [6.07, 6.45) is 0.952. The Morgan fingerprint density at radius 2 is 2.13 bits per heavy atom. The number of sulfonamides is 1. The number of amides is 1. The minimum Gasteiger partial charge on any atom is -0.465 e. The van der Waals surface area contributed by atoms with Crippen LogP contribution in [0.4, 0.5) is 4.79 Å². The lowest BCUT2D eigenvalue weighted by Gasteiger charge is -2.31. The molecule has 11 heteroatoms. The molecule has 164 valence electrons. The van der Waals surface area contributed by atoms with Gasteiger partial charge in [0.15, 0.2) is 0 Å². The van der Waals surface area contributed by atoms with Crippen LogP contribution in [-0.4, -0.2) is 59.7 Å². The summed E-state index contributed by atoms with van der Waals surface area (Å²) in [5.74, 6) is 0. The third-order valence-electron chi connectivity index (χ3n) is 5.24. The summed E-state index contributed by atoms with van der Waals surface area (Å²) >= 11 is 6.42. The molecule has 1 atom stereocenters. The Labute approximate surface area is 184 Å². The van der Waals surface area contributed by atoms with Gasteiger partial charge < -0.3 is 19.1 Å². The standard InChI is InChI=1S/C20H21ClN4O5S/c1-12-4-5-25-17(9-13-11-24(20(26)27)6-7-30-13)19(23-18(25)8-12)15-3-2-14(10-16(15)21)31(22,28)29/h2-5,8,10,13H,6-7,9,11H2,1H3,(H,26,27)(H2,22,28,29).